The third-order valence-corrected chi connectivity index (χ3v) is 7.62. The second kappa shape index (κ2) is 9.38. The Balaban J connectivity index is 1.85. The number of carbonyl (C=O) groups excluding carboxylic acids is 1. The van der Waals surface area contributed by atoms with Gasteiger partial charge in [-0.25, -0.2) is 4.79 Å². The minimum absolute atomic E-state index is 0.285. The number of benzene rings is 3. The standard InChI is InChI=1S/C31H35N3O2/c1-6-33(7-2)23-19-17-22(18-20-23)31(25-14-11-10-13-24(25)30(35)36-31)29-21(5)32-26-15-12-16-27(28(26)29)34(8-3)9-4/h10-20,32H,6-9H2,1-5H3. The van der Waals surface area contributed by atoms with E-state index in [1.54, 1.807) is 0 Å². The molecule has 5 heteroatoms. The van der Waals surface area contributed by atoms with Crippen molar-refractivity contribution in [1.82, 2.24) is 4.98 Å². The number of esters is 1. The van der Waals surface area contributed by atoms with E-state index in [-0.39, 0.29) is 5.97 Å². The highest BCUT2D eigenvalue weighted by Gasteiger charge is 2.51. The number of cyclic esters (lactones) is 1. The quantitative estimate of drug-likeness (QED) is 0.287. The number of aryl methyl sites for hydroxylation is 1. The van der Waals surface area contributed by atoms with Crippen LogP contribution in [0.3, 0.4) is 0 Å². The predicted octanol–water partition coefficient (Wildman–Crippen LogP) is 6.63. The number of hydrogen-bond donors (Lipinski definition) is 1. The largest absolute Gasteiger partial charge is 0.440 e. The Labute approximate surface area is 213 Å². The van der Waals surface area contributed by atoms with Gasteiger partial charge in [-0.3, -0.25) is 0 Å². The molecule has 1 N–H and O–H groups in total. The number of carbonyl (C=O) groups is 1. The minimum atomic E-state index is -1.04. The van der Waals surface area contributed by atoms with Crippen molar-refractivity contribution in [1.29, 1.82) is 0 Å². The summed E-state index contributed by atoms with van der Waals surface area (Å²) in [6, 6.07) is 22.7. The second-order valence-corrected chi connectivity index (χ2v) is 9.33. The number of fused-ring (bicyclic) bond motifs is 2. The molecule has 2 heterocycles. The third kappa shape index (κ3) is 3.48. The van der Waals surface area contributed by atoms with Crippen LogP contribution in [0.1, 0.15) is 60.4 Å². The van der Waals surface area contributed by atoms with Gasteiger partial charge >= 0.3 is 5.97 Å². The number of hydrogen-bond acceptors (Lipinski definition) is 4. The molecule has 1 aliphatic rings. The van der Waals surface area contributed by atoms with Crippen LogP contribution in [0.4, 0.5) is 11.4 Å². The molecule has 4 aromatic rings. The van der Waals surface area contributed by atoms with Gasteiger partial charge in [0.25, 0.3) is 0 Å². The van der Waals surface area contributed by atoms with Crippen molar-refractivity contribution in [2.75, 3.05) is 36.0 Å². The number of aromatic nitrogens is 1. The van der Waals surface area contributed by atoms with Gasteiger partial charge in [-0.2, -0.15) is 0 Å². The zero-order valence-corrected chi connectivity index (χ0v) is 21.9. The monoisotopic (exact) mass is 481 g/mol. The summed E-state index contributed by atoms with van der Waals surface area (Å²) >= 11 is 0. The van der Waals surface area contributed by atoms with Crippen LogP contribution in [0.15, 0.2) is 66.7 Å². The number of ether oxygens (including phenoxy) is 1. The smallest absolute Gasteiger partial charge is 0.340 e. The lowest BCUT2D eigenvalue weighted by Gasteiger charge is -2.32. The summed E-state index contributed by atoms with van der Waals surface area (Å²) in [6.07, 6.45) is 0. The van der Waals surface area contributed by atoms with E-state index in [1.165, 1.54) is 0 Å². The zero-order chi connectivity index (χ0) is 25.4. The molecule has 0 bridgehead atoms. The lowest BCUT2D eigenvalue weighted by atomic mass is 9.78. The van der Waals surface area contributed by atoms with E-state index in [0.717, 1.165) is 70.8 Å². The number of nitrogens with one attached hydrogen (secondary N) is 1. The number of H-pyrrole nitrogens is 1. The van der Waals surface area contributed by atoms with E-state index in [0.29, 0.717) is 5.56 Å². The fraction of sp³-hybridized carbons (Fsp3) is 0.323. The molecular formula is C31H35N3O2. The van der Waals surface area contributed by atoms with E-state index < -0.39 is 5.60 Å². The fourth-order valence-corrected chi connectivity index (χ4v) is 5.88. The molecule has 1 unspecified atom stereocenters. The summed E-state index contributed by atoms with van der Waals surface area (Å²) in [5, 5.41) is 1.11. The normalized spacial score (nSPS) is 16.8. The average Bonchev–Trinajstić information content (AvgIpc) is 3.40. The van der Waals surface area contributed by atoms with Gasteiger partial charge in [0.15, 0.2) is 5.60 Å². The molecule has 0 fully saturated rings. The summed E-state index contributed by atoms with van der Waals surface area (Å²) in [4.78, 5) is 21.6. The predicted molar refractivity (Wildman–Crippen MR) is 148 cm³/mol. The molecule has 3 aromatic carbocycles. The van der Waals surface area contributed by atoms with Gasteiger partial charge in [-0.15, -0.1) is 0 Å². The SMILES string of the molecule is CCN(CC)c1ccc(C2(c3c(C)[nH]c4cccc(N(CC)CC)c34)OC(=O)c3ccccc32)cc1. The van der Waals surface area contributed by atoms with Crippen molar-refractivity contribution in [3.8, 4) is 0 Å². The number of aromatic amines is 1. The fourth-order valence-electron chi connectivity index (χ4n) is 5.88. The Kier molecular flexibility index (Phi) is 6.25. The number of rotatable bonds is 8. The maximum Gasteiger partial charge on any atom is 0.340 e. The lowest BCUT2D eigenvalue weighted by molar-refractivity contribution is 0.0254. The summed E-state index contributed by atoms with van der Waals surface area (Å²) in [5.41, 5.74) is 6.80. The van der Waals surface area contributed by atoms with Gasteiger partial charge in [0.2, 0.25) is 0 Å². The highest BCUT2D eigenvalue weighted by molar-refractivity contribution is 6.02. The Hall–Kier alpha value is -3.73. The zero-order valence-electron chi connectivity index (χ0n) is 21.9. The van der Waals surface area contributed by atoms with Crippen LogP contribution < -0.4 is 9.80 Å². The molecule has 186 valence electrons. The van der Waals surface area contributed by atoms with Crippen LogP contribution in [0.5, 0.6) is 0 Å². The second-order valence-electron chi connectivity index (χ2n) is 9.33. The Morgan fingerprint density at radius 1 is 0.806 bits per heavy atom. The summed E-state index contributed by atoms with van der Waals surface area (Å²) < 4.78 is 6.50. The highest BCUT2D eigenvalue weighted by atomic mass is 16.6. The first-order valence-electron chi connectivity index (χ1n) is 13.0. The topological polar surface area (TPSA) is 48.6 Å². The Morgan fingerprint density at radius 2 is 1.47 bits per heavy atom. The Bertz CT molecular complexity index is 1400. The molecule has 0 saturated carbocycles. The molecule has 0 amide bonds. The van der Waals surface area contributed by atoms with E-state index in [4.69, 9.17) is 4.74 Å². The van der Waals surface area contributed by atoms with E-state index >= 15 is 0 Å². The maximum atomic E-state index is 13.3. The van der Waals surface area contributed by atoms with Crippen LogP contribution >= 0.6 is 0 Å². The summed E-state index contributed by atoms with van der Waals surface area (Å²) in [7, 11) is 0. The van der Waals surface area contributed by atoms with Gasteiger partial charge < -0.3 is 19.5 Å². The van der Waals surface area contributed by atoms with Gasteiger partial charge in [0.1, 0.15) is 0 Å². The van der Waals surface area contributed by atoms with Gasteiger partial charge in [-0.1, -0.05) is 36.4 Å². The van der Waals surface area contributed by atoms with Crippen LogP contribution in [0.25, 0.3) is 10.9 Å². The number of nitrogens with zero attached hydrogens (tertiary/aromatic N) is 2. The molecule has 1 aromatic heterocycles. The molecule has 0 radical (unpaired) electrons. The van der Waals surface area contributed by atoms with Crippen molar-refractivity contribution < 1.29 is 9.53 Å². The highest BCUT2D eigenvalue weighted by Crippen LogP contribution is 2.51. The van der Waals surface area contributed by atoms with Crippen molar-refractivity contribution in [3.63, 3.8) is 0 Å². The van der Waals surface area contributed by atoms with Crippen molar-refractivity contribution in [2.45, 2.75) is 40.2 Å². The molecule has 5 nitrogen and oxygen atoms in total. The summed E-state index contributed by atoms with van der Waals surface area (Å²) in [6.45, 7) is 14.4. The molecule has 0 spiro atoms. The van der Waals surface area contributed by atoms with Gasteiger partial charge in [0, 0.05) is 70.8 Å². The van der Waals surface area contributed by atoms with Gasteiger partial charge in [0.05, 0.1) is 5.56 Å². The molecule has 0 aliphatic carbocycles. The van der Waals surface area contributed by atoms with E-state index in [9.17, 15) is 4.79 Å². The molecule has 1 atom stereocenters. The van der Waals surface area contributed by atoms with Crippen molar-refractivity contribution >= 4 is 28.2 Å². The molecule has 1 aliphatic heterocycles. The van der Waals surface area contributed by atoms with E-state index in [1.807, 2.05) is 24.3 Å². The molecule has 0 saturated heterocycles. The maximum absolute atomic E-state index is 13.3. The lowest BCUT2D eigenvalue weighted by Crippen LogP contribution is -2.31. The van der Waals surface area contributed by atoms with Crippen LogP contribution in [-0.4, -0.2) is 37.1 Å². The average molecular weight is 482 g/mol. The first-order chi connectivity index (χ1) is 17.5. The van der Waals surface area contributed by atoms with Crippen molar-refractivity contribution in [2.24, 2.45) is 0 Å². The Morgan fingerprint density at radius 3 is 2.14 bits per heavy atom. The van der Waals surface area contributed by atoms with Crippen LogP contribution in [0, 0.1) is 6.92 Å². The summed E-state index contributed by atoms with van der Waals surface area (Å²) in [5.74, 6) is -0.285. The van der Waals surface area contributed by atoms with Gasteiger partial charge in [-0.05, 0) is 65.0 Å². The van der Waals surface area contributed by atoms with Crippen LogP contribution in [0.2, 0.25) is 0 Å². The molecule has 5 rings (SSSR count). The van der Waals surface area contributed by atoms with Crippen molar-refractivity contribution in [3.05, 3.63) is 94.7 Å². The van der Waals surface area contributed by atoms with Crippen LogP contribution in [-0.2, 0) is 10.3 Å². The van der Waals surface area contributed by atoms with E-state index in [2.05, 4.69) is 91.9 Å². The third-order valence-electron chi connectivity index (χ3n) is 7.62. The first-order valence-corrected chi connectivity index (χ1v) is 13.0. The molecule has 36 heavy (non-hydrogen) atoms. The molecular weight excluding hydrogens is 446 g/mol. The number of anilines is 2. The minimum Gasteiger partial charge on any atom is -0.440 e. The first kappa shape index (κ1) is 24.0.